The molecule has 16 heavy (non-hydrogen) atoms. The molecule has 1 aromatic heterocycles. The SMILES string of the molecule is CSc1nccc(N(C)C[C@@H]2CCNC2)n1. The quantitative estimate of drug-likeness (QED) is 0.631. The molecule has 0 aromatic carbocycles. The van der Waals surface area contributed by atoms with Gasteiger partial charge in [-0.2, -0.15) is 0 Å². The molecule has 0 unspecified atom stereocenters. The first-order valence-corrected chi connectivity index (χ1v) is 6.81. The predicted molar refractivity (Wildman–Crippen MR) is 68.1 cm³/mol. The second kappa shape index (κ2) is 5.50. The first-order valence-electron chi connectivity index (χ1n) is 5.58. The molecule has 0 radical (unpaired) electrons. The average molecular weight is 238 g/mol. The Morgan fingerprint density at radius 2 is 2.50 bits per heavy atom. The summed E-state index contributed by atoms with van der Waals surface area (Å²) in [6.45, 7) is 3.35. The highest BCUT2D eigenvalue weighted by atomic mass is 32.2. The number of nitrogens with zero attached hydrogens (tertiary/aromatic N) is 3. The first kappa shape index (κ1) is 11.7. The summed E-state index contributed by atoms with van der Waals surface area (Å²) in [5, 5.41) is 4.23. The number of rotatable bonds is 4. The van der Waals surface area contributed by atoms with Gasteiger partial charge < -0.3 is 10.2 Å². The Hall–Kier alpha value is -0.810. The highest BCUT2D eigenvalue weighted by molar-refractivity contribution is 7.98. The van der Waals surface area contributed by atoms with Crippen molar-refractivity contribution in [1.82, 2.24) is 15.3 Å². The largest absolute Gasteiger partial charge is 0.359 e. The van der Waals surface area contributed by atoms with Crippen LogP contribution in [0.25, 0.3) is 0 Å². The van der Waals surface area contributed by atoms with Gasteiger partial charge in [0, 0.05) is 19.8 Å². The number of hydrogen-bond acceptors (Lipinski definition) is 5. The van der Waals surface area contributed by atoms with E-state index in [1.807, 2.05) is 18.5 Å². The van der Waals surface area contributed by atoms with Crippen molar-refractivity contribution in [3.05, 3.63) is 12.3 Å². The van der Waals surface area contributed by atoms with Crippen molar-refractivity contribution in [2.24, 2.45) is 5.92 Å². The van der Waals surface area contributed by atoms with Gasteiger partial charge in [-0.1, -0.05) is 11.8 Å². The minimum absolute atomic E-state index is 0.748. The Morgan fingerprint density at radius 1 is 1.62 bits per heavy atom. The molecule has 1 aliphatic heterocycles. The number of aromatic nitrogens is 2. The summed E-state index contributed by atoms with van der Waals surface area (Å²) in [5.74, 6) is 1.77. The number of anilines is 1. The number of hydrogen-bond donors (Lipinski definition) is 1. The zero-order valence-corrected chi connectivity index (χ0v) is 10.6. The van der Waals surface area contributed by atoms with Crippen LogP contribution in [0.1, 0.15) is 6.42 Å². The summed E-state index contributed by atoms with van der Waals surface area (Å²) in [7, 11) is 2.10. The lowest BCUT2D eigenvalue weighted by Gasteiger charge is -2.21. The van der Waals surface area contributed by atoms with E-state index in [4.69, 9.17) is 0 Å². The summed E-state index contributed by atoms with van der Waals surface area (Å²) in [4.78, 5) is 10.9. The lowest BCUT2D eigenvalue weighted by Crippen LogP contribution is -2.27. The van der Waals surface area contributed by atoms with Crippen molar-refractivity contribution in [2.75, 3.05) is 37.8 Å². The maximum absolute atomic E-state index is 4.49. The van der Waals surface area contributed by atoms with Gasteiger partial charge in [-0.05, 0) is 37.8 Å². The molecule has 0 aliphatic carbocycles. The van der Waals surface area contributed by atoms with E-state index in [0.29, 0.717) is 0 Å². The standard InChI is InChI=1S/C11H18N4S/c1-15(8-9-3-5-12-7-9)10-4-6-13-11(14-10)16-2/h4,6,9,12H,3,5,7-8H2,1-2H3/t9-/m1/s1. The summed E-state index contributed by atoms with van der Waals surface area (Å²) in [6, 6.07) is 1.97. The van der Waals surface area contributed by atoms with Crippen LogP contribution in [0.2, 0.25) is 0 Å². The van der Waals surface area contributed by atoms with E-state index < -0.39 is 0 Å². The zero-order chi connectivity index (χ0) is 11.4. The fourth-order valence-corrected chi connectivity index (χ4v) is 2.34. The molecule has 4 nitrogen and oxygen atoms in total. The minimum Gasteiger partial charge on any atom is -0.359 e. The van der Waals surface area contributed by atoms with Gasteiger partial charge in [-0.25, -0.2) is 9.97 Å². The topological polar surface area (TPSA) is 41.1 Å². The van der Waals surface area contributed by atoms with Crippen LogP contribution in [-0.4, -0.2) is 42.9 Å². The minimum atomic E-state index is 0.748. The molecule has 1 aliphatic rings. The first-order chi connectivity index (χ1) is 7.79. The summed E-state index contributed by atoms with van der Waals surface area (Å²) >= 11 is 1.58. The van der Waals surface area contributed by atoms with Crippen LogP contribution in [0, 0.1) is 5.92 Å². The molecule has 0 saturated carbocycles. The van der Waals surface area contributed by atoms with Crippen LogP contribution in [0.5, 0.6) is 0 Å². The third-order valence-electron chi connectivity index (χ3n) is 2.89. The number of thioether (sulfide) groups is 1. The van der Waals surface area contributed by atoms with Crippen molar-refractivity contribution < 1.29 is 0 Å². The fraction of sp³-hybridized carbons (Fsp3) is 0.636. The lowest BCUT2D eigenvalue weighted by molar-refractivity contribution is 0.574. The maximum atomic E-state index is 4.49. The van der Waals surface area contributed by atoms with Crippen LogP contribution >= 0.6 is 11.8 Å². The second-order valence-corrected chi connectivity index (χ2v) is 4.91. The van der Waals surface area contributed by atoms with E-state index in [9.17, 15) is 0 Å². The smallest absolute Gasteiger partial charge is 0.189 e. The van der Waals surface area contributed by atoms with Gasteiger partial charge in [-0.3, -0.25) is 0 Å². The van der Waals surface area contributed by atoms with Crippen molar-refractivity contribution >= 4 is 17.6 Å². The Bertz CT molecular complexity index is 339. The van der Waals surface area contributed by atoms with Gasteiger partial charge in [0.05, 0.1) is 0 Å². The third kappa shape index (κ3) is 2.86. The highest BCUT2D eigenvalue weighted by Crippen LogP contribution is 2.16. The van der Waals surface area contributed by atoms with Crippen molar-refractivity contribution in [3.8, 4) is 0 Å². The van der Waals surface area contributed by atoms with Gasteiger partial charge in [0.25, 0.3) is 0 Å². The lowest BCUT2D eigenvalue weighted by atomic mass is 10.1. The van der Waals surface area contributed by atoms with Crippen molar-refractivity contribution in [3.63, 3.8) is 0 Å². The Morgan fingerprint density at radius 3 is 3.19 bits per heavy atom. The van der Waals surface area contributed by atoms with Crippen LogP contribution in [0.4, 0.5) is 5.82 Å². The molecule has 5 heteroatoms. The molecule has 1 N–H and O–H groups in total. The molecule has 1 atom stereocenters. The molecule has 1 saturated heterocycles. The van der Waals surface area contributed by atoms with E-state index in [1.54, 1.807) is 11.8 Å². The van der Waals surface area contributed by atoms with E-state index in [-0.39, 0.29) is 0 Å². The monoisotopic (exact) mass is 238 g/mol. The van der Waals surface area contributed by atoms with E-state index in [2.05, 4.69) is 27.2 Å². The Balaban J connectivity index is 1.98. The summed E-state index contributed by atoms with van der Waals surface area (Å²) in [6.07, 6.45) is 5.10. The molecule has 0 spiro atoms. The molecule has 0 amide bonds. The number of nitrogens with one attached hydrogen (secondary N) is 1. The zero-order valence-electron chi connectivity index (χ0n) is 9.81. The van der Waals surface area contributed by atoms with Crippen LogP contribution in [-0.2, 0) is 0 Å². The molecule has 2 heterocycles. The van der Waals surface area contributed by atoms with Crippen LogP contribution < -0.4 is 10.2 Å². The third-order valence-corrected chi connectivity index (χ3v) is 3.45. The molecule has 2 rings (SSSR count). The average Bonchev–Trinajstić information content (AvgIpc) is 2.82. The fourth-order valence-electron chi connectivity index (χ4n) is 1.99. The Kier molecular flexibility index (Phi) is 4.01. The summed E-state index contributed by atoms with van der Waals surface area (Å²) in [5.41, 5.74) is 0. The van der Waals surface area contributed by atoms with Crippen LogP contribution in [0.3, 0.4) is 0 Å². The van der Waals surface area contributed by atoms with Gasteiger partial charge in [0.2, 0.25) is 0 Å². The van der Waals surface area contributed by atoms with Crippen molar-refractivity contribution in [1.29, 1.82) is 0 Å². The van der Waals surface area contributed by atoms with Crippen molar-refractivity contribution in [2.45, 2.75) is 11.6 Å². The van der Waals surface area contributed by atoms with Gasteiger partial charge in [0.1, 0.15) is 5.82 Å². The van der Waals surface area contributed by atoms with E-state index in [0.717, 1.165) is 36.5 Å². The molecule has 0 bridgehead atoms. The molecular formula is C11H18N4S. The normalized spacial score (nSPS) is 20.0. The molecule has 1 fully saturated rings. The molecule has 1 aromatic rings. The van der Waals surface area contributed by atoms with E-state index >= 15 is 0 Å². The highest BCUT2D eigenvalue weighted by Gasteiger charge is 2.17. The van der Waals surface area contributed by atoms with Gasteiger partial charge >= 0.3 is 0 Å². The summed E-state index contributed by atoms with van der Waals surface area (Å²) < 4.78 is 0. The van der Waals surface area contributed by atoms with Gasteiger partial charge in [0.15, 0.2) is 5.16 Å². The Labute approximate surface area is 101 Å². The molecule has 88 valence electrons. The predicted octanol–water partition coefficient (Wildman–Crippen LogP) is 1.24. The van der Waals surface area contributed by atoms with E-state index in [1.165, 1.54) is 6.42 Å². The van der Waals surface area contributed by atoms with Crippen LogP contribution in [0.15, 0.2) is 17.4 Å². The molecular weight excluding hydrogens is 220 g/mol. The van der Waals surface area contributed by atoms with Gasteiger partial charge in [-0.15, -0.1) is 0 Å². The maximum Gasteiger partial charge on any atom is 0.189 e. The second-order valence-electron chi connectivity index (χ2n) is 4.14.